The maximum atomic E-state index is 15.0. The van der Waals surface area contributed by atoms with Gasteiger partial charge in [-0.1, -0.05) is 30.3 Å². The number of pyridine rings is 1. The molecule has 4 rings (SSSR count). The van der Waals surface area contributed by atoms with Gasteiger partial charge in [0.15, 0.2) is 0 Å². The van der Waals surface area contributed by atoms with Crippen LogP contribution in [0.15, 0.2) is 58.6 Å². The van der Waals surface area contributed by atoms with Crippen molar-refractivity contribution in [3.63, 3.8) is 0 Å². The van der Waals surface area contributed by atoms with Crippen LogP contribution in [0, 0.1) is 5.82 Å². The van der Waals surface area contributed by atoms with E-state index < -0.39 is 17.2 Å². The van der Waals surface area contributed by atoms with E-state index in [1.807, 2.05) is 49.2 Å². The summed E-state index contributed by atoms with van der Waals surface area (Å²) in [5.41, 5.74) is 3.72. The van der Waals surface area contributed by atoms with E-state index in [0.29, 0.717) is 17.7 Å². The molecule has 1 amide bonds. The van der Waals surface area contributed by atoms with Gasteiger partial charge >= 0.3 is 0 Å². The van der Waals surface area contributed by atoms with Gasteiger partial charge in [0.2, 0.25) is 5.43 Å². The van der Waals surface area contributed by atoms with Gasteiger partial charge in [0.25, 0.3) is 5.91 Å². The highest BCUT2D eigenvalue weighted by Gasteiger charge is 2.21. The quantitative estimate of drug-likeness (QED) is 0.494. The van der Waals surface area contributed by atoms with Crippen LogP contribution in [0.25, 0.3) is 10.9 Å². The SMILES string of the molecule is CCn1cc(C(=O)NN=Cc2ccccc2)c(=O)c2cc(F)c(N3CCN(C)CC3)cc21. The van der Waals surface area contributed by atoms with E-state index in [4.69, 9.17) is 0 Å². The molecule has 0 saturated carbocycles. The molecule has 0 spiro atoms. The van der Waals surface area contributed by atoms with Crippen LogP contribution in [0.3, 0.4) is 0 Å². The molecule has 1 fully saturated rings. The molecule has 0 radical (unpaired) electrons. The number of carbonyl (C=O) groups excluding carboxylic acids is 1. The second kappa shape index (κ2) is 9.32. The number of hydrogen-bond donors (Lipinski definition) is 1. The number of hydrogen-bond acceptors (Lipinski definition) is 5. The van der Waals surface area contributed by atoms with Crippen molar-refractivity contribution in [3.8, 4) is 0 Å². The Balaban J connectivity index is 1.67. The van der Waals surface area contributed by atoms with Gasteiger partial charge in [0.1, 0.15) is 11.4 Å². The first-order valence-electron chi connectivity index (χ1n) is 10.7. The number of amides is 1. The molecule has 0 atom stereocenters. The van der Waals surface area contributed by atoms with Crippen LogP contribution in [-0.4, -0.2) is 54.8 Å². The van der Waals surface area contributed by atoms with Crippen molar-refractivity contribution in [2.45, 2.75) is 13.5 Å². The molecule has 2 aromatic carbocycles. The highest BCUT2D eigenvalue weighted by atomic mass is 19.1. The molecule has 1 N–H and O–H groups in total. The first kappa shape index (κ1) is 21.7. The lowest BCUT2D eigenvalue weighted by Gasteiger charge is -2.34. The molecule has 166 valence electrons. The van der Waals surface area contributed by atoms with E-state index in [1.165, 1.54) is 18.5 Å². The van der Waals surface area contributed by atoms with E-state index in [-0.39, 0.29) is 10.9 Å². The van der Waals surface area contributed by atoms with Crippen molar-refractivity contribution in [1.82, 2.24) is 14.9 Å². The number of benzene rings is 2. The molecule has 1 aliphatic rings. The predicted molar refractivity (Wildman–Crippen MR) is 125 cm³/mol. The van der Waals surface area contributed by atoms with Crippen molar-refractivity contribution < 1.29 is 9.18 Å². The third-order valence-corrected chi connectivity index (χ3v) is 5.76. The van der Waals surface area contributed by atoms with Crippen LogP contribution >= 0.6 is 0 Å². The molecular weight excluding hydrogens is 409 g/mol. The molecule has 0 unspecified atom stereocenters. The Morgan fingerprint density at radius 3 is 2.56 bits per heavy atom. The molecule has 2 heterocycles. The number of piperazine rings is 1. The van der Waals surface area contributed by atoms with Gasteiger partial charge in [0, 0.05) is 44.3 Å². The zero-order valence-corrected chi connectivity index (χ0v) is 18.2. The Kier molecular flexibility index (Phi) is 6.32. The van der Waals surface area contributed by atoms with Crippen molar-refractivity contribution in [1.29, 1.82) is 0 Å². The highest BCUT2D eigenvalue weighted by molar-refractivity contribution is 5.98. The Morgan fingerprint density at radius 2 is 1.88 bits per heavy atom. The van der Waals surface area contributed by atoms with Crippen molar-refractivity contribution in [3.05, 3.63) is 75.8 Å². The first-order chi connectivity index (χ1) is 15.5. The maximum absolute atomic E-state index is 15.0. The summed E-state index contributed by atoms with van der Waals surface area (Å²) in [6, 6.07) is 12.3. The average molecular weight is 436 g/mol. The summed E-state index contributed by atoms with van der Waals surface area (Å²) in [5, 5.41) is 4.12. The Bertz CT molecular complexity index is 1210. The number of carbonyl (C=O) groups is 1. The molecule has 0 bridgehead atoms. The van der Waals surface area contributed by atoms with Gasteiger partial charge in [-0.3, -0.25) is 9.59 Å². The van der Waals surface area contributed by atoms with Crippen LogP contribution < -0.4 is 15.8 Å². The van der Waals surface area contributed by atoms with Gasteiger partial charge in [-0.25, -0.2) is 9.82 Å². The third kappa shape index (κ3) is 4.40. The standard InChI is InChI=1S/C24H26FN5O2/c1-3-29-16-19(24(32)27-26-15-17-7-5-4-6-8-17)23(31)18-13-20(25)22(14-21(18)29)30-11-9-28(2)10-12-30/h4-8,13-16H,3,9-12H2,1-2H3,(H,27,32). The Morgan fingerprint density at radius 1 is 1.16 bits per heavy atom. The van der Waals surface area contributed by atoms with Gasteiger partial charge in [-0.05, 0) is 31.7 Å². The van der Waals surface area contributed by atoms with Crippen molar-refractivity contribution in [2.75, 3.05) is 38.1 Å². The summed E-state index contributed by atoms with van der Waals surface area (Å²) in [7, 11) is 2.04. The van der Waals surface area contributed by atoms with Crippen LogP contribution in [0.1, 0.15) is 22.8 Å². The van der Waals surface area contributed by atoms with Gasteiger partial charge in [0.05, 0.1) is 17.4 Å². The summed E-state index contributed by atoms with van der Waals surface area (Å²) < 4.78 is 16.8. The molecule has 1 aromatic heterocycles. The number of halogens is 1. The second-order valence-corrected chi connectivity index (χ2v) is 7.88. The minimum atomic E-state index is -0.630. The molecule has 0 aliphatic carbocycles. The van der Waals surface area contributed by atoms with Crippen LogP contribution in [0.4, 0.5) is 10.1 Å². The number of aryl methyl sites for hydroxylation is 1. The minimum absolute atomic E-state index is 0.0729. The molecule has 8 heteroatoms. The maximum Gasteiger partial charge on any atom is 0.276 e. The van der Waals surface area contributed by atoms with E-state index in [0.717, 1.165) is 31.7 Å². The topological polar surface area (TPSA) is 69.9 Å². The fourth-order valence-corrected chi connectivity index (χ4v) is 3.88. The Hall–Kier alpha value is -3.52. The lowest BCUT2D eigenvalue weighted by atomic mass is 10.1. The van der Waals surface area contributed by atoms with Crippen molar-refractivity contribution in [2.24, 2.45) is 5.10 Å². The summed E-state index contributed by atoms with van der Waals surface area (Å²) >= 11 is 0. The fourth-order valence-electron chi connectivity index (χ4n) is 3.88. The van der Waals surface area contributed by atoms with Crippen molar-refractivity contribution >= 4 is 28.7 Å². The zero-order valence-electron chi connectivity index (χ0n) is 18.2. The zero-order chi connectivity index (χ0) is 22.7. The number of fused-ring (bicyclic) bond motifs is 1. The summed E-state index contributed by atoms with van der Waals surface area (Å²) in [6.07, 6.45) is 3.02. The Labute approximate surface area is 185 Å². The number of anilines is 1. The first-order valence-corrected chi connectivity index (χ1v) is 10.7. The molecular formula is C24H26FN5O2. The lowest BCUT2D eigenvalue weighted by molar-refractivity contribution is 0.0953. The third-order valence-electron chi connectivity index (χ3n) is 5.76. The molecule has 32 heavy (non-hydrogen) atoms. The van der Waals surface area contributed by atoms with Crippen LogP contribution in [0.5, 0.6) is 0 Å². The van der Waals surface area contributed by atoms with Crippen LogP contribution in [0.2, 0.25) is 0 Å². The van der Waals surface area contributed by atoms with Gasteiger partial charge in [-0.2, -0.15) is 5.10 Å². The van der Waals surface area contributed by atoms with E-state index >= 15 is 4.39 Å². The summed E-state index contributed by atoms with van der Waals surface area (Å²) in [6.45, 7) is 5.57. The summed E-state index contributed by atoms with van der Waals surface area (Å²) in [5.74, 6) is -1.09. The smallest absolute Gasteiger partial charge is 0.276 e. The highest BCUT2D eigenvalue weighted by Crippen LogP contribution is 2.26. The monoisotopic (exact) mass is 435 g/mol. The predicted octanol–water partition coefficient (Wildman–Crippen LogP) is 2.68. The normalized spacial score (nSPS) is 14.9. The fraction of sp³-hybridized carbons (Fsp3) is 0.292. The number of nitrogens with zero attached hydrogens (tertiary/aromatic N) is 4. The number of rotatable bonds is 5. The molecule has 7 nitrogen and oxygen atoms in total. The second-order valence-electron chi connectivity index (χ2n) is 7.88. The van der Waals surface area contributed by atoms with E-state index in [9.17, 15) is 9.59 Å². The number of nitrogens with one attached hydrogen (secondary N) is 1. The van der Waals surface area contributed by atoms with E-state index in [1.54, 1.807) is 10.6 Å². The largest absolute Gasteiger partial charge is 0.367 e. The number of hydrazone groups is 1. The van der Waals surface area contributed by atoms with Gasteiger partial charge < -0.3 is 14.4 Å². The van der Waals surface area contributed by atoms with Gasteiger partial charge in [-0.15, -0.1) is 0 Å². The molecule has 1 saturated heterocycles. The summed E-state index contributed by atoms with van der Waals surface area (Å²) in [4.78, 5) is 29.9. The number of likely N-dealkylation sites (N-methyl/N-ethyl adjacent to an activating group) is 1. The average Bonchev–Trinajstić information content (AvgIpc) is 2.80. The molecule has 3 aromatic rings. The van der Waals surface area contributed by atoms with E-state index in [2.05, 4.69) is 15.4 Å². The number of aromatic nitrogens is 1. The minimum Gasteiger partial charge on any atom is -0.367 e. The molecule has 1 aliphatic heterocycles. The van der Waals surface area contributed by atoms with Crippen LogP contribution in [-0.2, 0) is 6.54 Å². The lowest BCUT2D eigenvalue weighted by Crippen LogP contribution is -2.44.